The van der Waals surface area contributed by atoms with E-state index in [2.05, 4.69) is 54.7 Å². The highest BCUT2D eigenvalue weighted by atomic mass is 16.3. The number of hydrogen-bond acceptors (Lipinski definition) is 4. The normalized spacial score (nSPS) is 19.1. The van der Waals surface area contributed by atoms with Crippen LogP contribution in [0.3, 0.4) is 0 Å². The van der Waals surface area contributed by atoms with Crippen LogP contribution in [0.15, 0.2) is 30.6 Å². The average molecular weight is 371 g/mol. The van der Waals surface area contributed by atoms with Crippen molar-refractivity contribution >= 4 is 0 Å². The van der Waals surface area contributed by atoms with E-state index in [9.17, 15) is 5.11 Å². The molecular weight excluding hydrogens is 336 g/mol. The summed E-state index contributed by atoms with van der Waals surface area (Å²) in [6.07, 6.45) is 4.71. The maximum atomic E-state index is 9.53. The molecule has 0 unspecified atom stereocenters. The van der Waals surface area contributed by atoms with Gasteiger partial charge < -0.3 is 5.11 Å². The van der Waals surface area contributed by atoms with E-state index in [1.54, 1.807) is 0 Å². The third-order valence-electron chi connectivity index (χ3n) is 5.48. The zero-order valence-electron chi connectivity index (χ0n) is 17.2. The van der Waals surface area contributed by atoms with Crippen molar-refractivity contribution in [1.82, 2.24) is 19.6 Å². The Bertz CT molecular complexity index is 726. The fraction of sp³-hybridized carbons (Fsp3) is 0.591. The smallest absolute Gasteiger partial charge is 0.0695 e. The van der Waals surface area contributed by atoms with Crippen LogP contribution in [-0.2, 0) is 6.54 Å². The molecule has 1 fully saturated rings. The van der Waals surface area contributed by atoms with Crippen LogP contribution < -0.4 is 0 Å². The van der Waals surface area contributed by atoms with Crippen molar-refractivity contribution in [2.24, 2.45) is 5.92 Å². The Kier molecular flexibility index (Phi) is 6.68. The van der Waals surface area contributed by atoms with Crippen LogP contribution in [0.25, 0.3) is 5.69 Å². The summed E-state index contributed by atoms with van der Waals surface area (Å²) in [6, 6.07) is 6.91. The molecule has 2 aromatic rings. The number of aliphatic hydroxyl groups excluding tert-OH is 1. The molecule has 1 N–H and O–H groups in total. The van der Waals surface area contributed by atoms with Gasteiger partial charge in [0.05, 0.1) is 5.69 Å². The van der Waals surface area contributed by atoms with E-state index >= 15 is 0 Å². The van der Waals surface area contributed by atoms with Crippen molar-refractivity contribution in [2.75, 3.05) is 32.8 Å². The number of rotatable bonds is 7. The predicted molar refractivity (Wildman–Crippen MR) is 110 cm³/mol. The maximum absolute atomic E-state index is 9.53. The second-order valence-corrected chi connectivity index (χ2v) is 8.32. The highest BCUT2D eigenvalue weighted by Crippen LogP contribution is 2.24. The minimum Gasteiger partial charge on any atom is -0.396 e. The topological polar surface area (TPSA) is 44.5 Å². The molecule has 5 nitrogen and oxygen atoms in total. The molecule has 0 saturated carbocycles. The molecule has 3 rings (SSSR count). The Hall–Kier alpha value is -1.69. The van der Waals surface area contributed by atoms with Crippen LogP contribution in [0.1, 0.15) is 37.0 Å². The average Bonchev–Trinajstić information content (AvgIpc) is 3.13. The Morgan fingerprint density at radius 1 is 1.22 bits per heavy atom. The molecule has 1 aliphatic heterocycles. The molecule has 0 bridgehead atoms. The van der Waals surface area contributed by atoms with E-state index in [1.807, 2.05) is 23.1 Å². The van der Waals surface area contributed by atoms with Gasteiger partial charge in [0, 0.05) is 57.8 Å². The third kappa shape index (κ3) is 4.98. The van der Waals surface area contributed by atoms with Crippen molar-refractivity contribution in [3.05, 3.63) is 47.3 Å². The van der Waals surface area contributed by atoms with Gasteiger partial charge in [0.2, 0.25) is 0 Å². The Morgan fingerprint density at radius 2 is 2.04 bits per heavy atom. The summed E-state index contributed by atoms with van der Waals surface area (Å²) in [5.41, 5.74) is 5.12. The first-order chi connectivity index (χ1) is 13.0. The van der Waals surface area contributed by atoms with Gasteiger partial charge in [0.25, 0.3) is 0 Å². The molecule has 1 atom stereocenters. The molecule has 2 heterocycles. The summed E-state index contributed by atoms with van der Waals surface area (Å²) in [5.74, 6) is 0.656. The minimum atomic E-state index is 0.259. The Labute approximate surface area is 163 Å². The first kappa shape index (κ1) is 20.1. The van der Waals surface area contributed by atoms with Gasteiger partial charge in [0.1, 0.15) is 0 Å². The lowest BCUT2D eigenvalue weighted by Crippen LogP contribution is -2.54. The van der Waals surface area contributed by atoms with Crippen LogP contribution in [0, 0.1) is 19.8 Å². The summed E-state index contributed by atoms with van der Waals surface area (Å²) in [6.45, 7) is 14.4. The molecule has 0 amide bonds. The molecule has 0 radical (unpaired) electrons. The first-order valence-corrected chi connectivity index (χ1v) is 10.1. The molecule has 1 aliphatic rings. The second-order valence-electron chi connectivity index (χ2n) is 8.32. The third-order valence-corrected chi connectivity index (χ3v) is 5.48. The standard InChI is InChI=1S/C22H34N4O/c1-17(2)14-25-10-9-24(15-20(25)6-11-27)16-21-19(4)12-18(3)13-22(21)26-8-5-7-23-26/h5,7-8,12-13,17,20,27H,6,9-11,14-16H2,1-4H3/t20-/m0/s1. The van der Waals surface area contributed by atoms with Crippen LogP contribution in [-0.4, -0.2) is 63.5 Å². The van der Waals surface area contributed by atoms with Gasteiger partial charge in [-0.2, -0.15) is 5.10 Å². The maximum Gasteiger partial charge on any atom is 0.0695 e. The van der Waals surface area contributed by atoms with Crippen LogP contribution in [0.5, 0.6) is 0 Å². The summed E-state index contributed by atoms with van der Waals surface area (Å²) >= 11 is 0. The highest BCUT2D eigenvalue weighted by Gasteiger charge is 2.27. The molecule has 0 aliphatic carbocycles. The van der Waals surface area contributed by atoms with Gasteiger partial charge in [-0.3, -0.25) is 9.80 Å². The quantitative estimate of drug-likeness (QED) is 0.814. The summed E-state index contributed by atoms with van der Waals surface area (Å²) in [4.78, 5) is 5.11. The van der Waals surface area contributed by atoms with E-state index in [0.29, 0.717) is 12.0 Å². The van der Waals surface area contributed by atoms with Crippen LogP contribution >= 0.6 is 0 Å². The van der Waals surface area contributed by atoms with Gasteiger partial charge in [0.15, 0.2) is 0 Å². The van der Waals surface area contributed by atoms with E-state index in [-0.39, 0.29) is 6.61 Å². The van der Waals surface area contributed by atoms with E-state index < -0.39 is 0 Å². The van der Waals surface area contributed by atoms with Crippen molar-refractivity contribution in [2.45, 2.75) is 46.7 Å². The van der Waals surface area contributed by atoms with Crippen molar-refractivity contribution in [3.8, 4) is 5.69 Å². The second kappa shape index (κ2) is 9.00. The highest BCUT2D eigenvalue weighted by molar-refractivity contribution is 5.48. The number of aryl methyl sites for hydroxylation is 2. The molecular formula is C22H34N4O. The number of aromatic nitrogens is 2. The monoisotopic (exact) mass is 370 g/mol. The summed E-state index contributed by atoms with van der Waals surface area (Å²) in [5, 5.41) is 14.0. The van der Waals surface area contributed by atoms with E-state index in [1.165, 1.54) is 22.4 Å². The van der Waals surface area contributed by atoms with Gasteiger partial charge in [-0.25, -0.2) is 4.68 Å². The SMILES string of the molecule is Cc1cc(C)c(CN2CCN(CC(C)C)[C@@H](CCO)C2)c(-n2cccn2)c1. The first-order valence-electron chi connectivity index (χ1n) is 10.1. The van der Waals surface area contributed by atoms with Gasteiger partial charge in [-0.15, -0.1) is 0 Å². The summed E-state index contributed by atoms with van der Waals surface area (Å²) < 4.78 is 1.98. The fourth-order valence-corrected chi connectivity index (χ4v) is 4.25. The van der Waals surface area contributed by atoms with Crippen LogP contribution in [0.2, 0.25) is 0 Å². The molecule has 1 aromatic heterocycles. The summed E-state index contributed by atoms with van der Waals surface area (Å²) in [7, 11) is 0. The van der Waals surface area contributed by atoms with Crippen molar-refractivity contribution < 1.29 is 5.11 Å². The molecule has 5 heteroatoms. The van der Waals surface area contributed by atoms with E-state index in [4.69, 9.17) is 0 Å². The minimum absolute atomic E-state index is 0.259. The molecule has 1 saturated heterocycles. The zero-order valence-corrected chi connectivity index (χ0v) is 17.2. The van der Waals surface area contributed by atoms with E-state index in [0.717, 1.165) is 39.1 Å². The van der Waals surface area contributed by atoms with Crippen molar-refractivity contribution in [1.29, 1.82) is 0 Å². The van der Waals surface area contributed by atoms with Gasteiger partial charge in [-0.1, -0.05) is 19.9 Å². The number of piperazine rings is 1. The lowest BCUT2D eigenvalue weighted by molar-refractivity contribution is 0.0476. The lowest BCUT2D eigenvalue weighted by Gasteiger charge is -2.42. The molecule has 148 valence electrons. The fourth-order valence-electron chi connectivity index (χ4n) is 4.25. The van der Waals surface area contributed by atoms with Crippen molar-refractivity contribution in [3.63, 3.8) is 0 Å². The largest absolute Gasteiger partial charge is 0.396 e. The number of aliphatic hydroxyl groups is 1. The number of nitrogens with zero attached hydrogens (tertiary/aromatic N) is 4. The van der Waals surface area contributed by atoms with Gasteiger partial charge in [-0.05, 0) is 55.0 Å². The molecule has 1 aromatic carbocycles. The Balaban J connectivity index is 1.79. The molecule has 27 heavy (non-hydrogen) atoms. The predicted octanol–water partition coefficient (Wildman–Crippen LogP) is 3.01. The number of hydrogen-bond donors (Lipinski definition) is 1. The Morgan fingerprint density at radius 3 is 2.70 bits per heavy atom. The molecule has 0 spiro atoms. The lowest BCUT2D eigenvalue weighted by atomic mass is 10.0. The zero-order chi connectivity index (χ0) is 19.4. The van der Waals surface area contributed by atoms with Gasteiger partial charge >= 0.3 is 0 Å². The van der Waals surface area contributed by atoms with Crippen LogP contribution in [0.4, 0.5) is 0 Å². The number of benzene rings is 1.